The van der Waals surface area contributed by atoms with E-state index in [1.54, 1.807) is 12.1 Å². The lowest BCUT2D eigenvalue weighted by Gasteiger charge is -2.24. The van der Waals surface area contributed by atoms with Crippen molar-refractivity contribution in [3.05, 3.63) is 28.8 Å². The maximum Gasteiger partial charge on any atom is 0.258 e. The number of hydrogen-bond acceptors (Lipinski definition) is 3. The molecule has 20 heavy (non-hydrogen) atoms. The summed E-state index contributed by atoms with van der Waals surface area (Å²) in [6, 6.07) is 5.37. The van der Waals surface area contributed by atoms with Crippen LogP contribution in [-0.2, 0) is 11.3 Å². The Morgan fingerprint density at radius 3 is 2.70 bits per heavy atom. The van der Waals surface area contributed by atoms with E-state index < -0.39 is 0 Å². The number of amides is 1. The van der Waals surface area contributed by atoms with E-state index in [-0.39, 0.29) is 18.1 Å². The highest BCUT2D eigenvalue weighted by Crippen LogP contribution is 2.22. The number of ether oxygens (including phenoxy) is 1. The average Bonchev–Trinajstić information content (AvgIpc) is 2.38. The maximum atomic E-state index is 11.8. The highest BCUT2D eigenvalue weighted by Gasteiger charge is 2.18. The van der Waals surface area contributed by atoms with Crippen LogP contribution in [0.15, 0.2) is 18.2 Å². The highest BCUT2D eigenvalue weighted by atomic mass is 35.5. The Hall–Kier alpha value is -1.26. The molecular formula is C15H23ClN2O2. The molecular weight excluding hydrogens is 276 g/mol. The van der Waals surface area contributed by atoms with Crippen LogP contribution in [-0.4, -0.2) is 25.1 Å². The number of carbonyl (C=O) groups is 1. The predicted octanol–water partition coefficient (Wildman–Crippen LogP) is 2.74. The first-order valence-electron chi connectivity index (χ1n) is 6.75. The minimum Gasteiger partial charge on any atom is -0.483 e. The molecule has 5 heteroatoms. The Morgan fingerprint density at radius 1 is 1.40 bits per heavy atom. The van der Waals surface area contributed by atoms with Gasteiger partial charge in [0, 0.05) is 22.7 Å². The van der Waals surface area contributed by atoms with Gasteiger partial charge in [-0.1, -0.05) is 18.5 Å². The number of carbonyl (C=O) groups excluding carboxylic acids is 1. The van der Waals surface area contributed by atoms with Crippen molar-refractivity contribution in [3.63, 3.8) is 0 Å². The lowest BCUT2D eigenvalue weighted by Crippen LogP contribution is -2.44. The van der Waals surface area contributed by atoms with Crippen LogP contribution in [0, 0.1) is 0 Å². The van der Waals surface area contributed by atoms with E-state index in [1.807, 2.05) is 33.9 Å². The third-order valence-corrected chi connectivity index (χ3v) is 3.35. The maximum absolute atomic E-state index is 11.8. The molecule has 2 N–H and O–H groups in total. The summed E-state index contributed by atoms with van der Waals surface area (Å²) in [5.41, 5.74) is 0.719. The van der Waals surface area contributed by atoms with Gasteiger partial charge in [-0.3, -0.25) is 4.79 Å². The van der Waals surface area contributed by atoms with E-state index in [0.717, 1.165) is 12.0 Å². The monoisotopic (exact) mass is 298 g/mol. The quantitative estimate of drug-likeness (QED) is 0.814. The molecule has 1 aromatic rings. The second-order valence-corrected chi connectivity index (χ2v) is 5.79. The lowest BCUT2D eigenvalue weighted by atomic mass is 10.0. The first-order valence-corrected chi connectivity index (χ1v) is 7.12. The molecule has 0 bridgehead atoms. The van der Waals surface area contributed by atoms with E-state index in [0.29, 0.717) is 17.3 Å². The number of benzene rings is 1. The summed E-state index contributed by atoms with van der Waals surface area (Å²) in [5, 5.41) is 6.63. The van der Waals surface area contributed by atoms with Crippen molar-refractivity contribution in [2.75, 3.05) is 13.7 Å². The lowest BCUT2D eigenvalue weighted by molar-refractivity contribution is -0.124. The van der Waals surface area contributed by atoms with E-state index in [2.05, 4.69) is 10.6 Å². The average molecular weight is 299 g/mol. The molecule has 0 aliphatic rings. The van der Waals surface area contributed by atoms with Gasteiger partial charge in [0.25, 0.3) is 5.91 Å². The van der Waals surface area contributed by atoms with Gasteiger partial charge in [0.05, 0.1) is 0 Å². The Labute approximate surface area is 125 Å². The molecule has 0 aliphatic carbocycles. The van der Waals surface area contributed by atoms with Gasteiger partial charge in [0.2, 0.25) is 0 Å². The van der Waals surface area contributed by atoms with Crippen molar-refractivity contribution >= 4 is 17.5 Å². The Bertz CT molecular complexity index is 461. The largest absolute Gasteiger partial charge is 0.483 e. The van der Waals surface area contributed by atoms with E-state index >= 15 is 0 Å². The first kappa shape index (κ1) is 16.8. The van der Waals surface area contributed by atoms with E-state index in [1.165, 1.54) is 0 Å². The van der Waals surface area contributed by atoms with Crippen LogP contribution in [0.4, 0.5) is 0 Å². The normalized spacial score (nSPS) is 11.2. The van der Waals surface area contributed by atoms with Crippen LogP contribution < -0.4 is 15.4 Å². The molecule has 0 heterocycles. The molecule has 0 saturated heterocycles. The molecule has 0 fully saturated rings. The zero-order valence-electron chi connectivity index (χ0n) is 12.5. The van der Waals surface area contributed by atoms with Crippen molar-refractivity contribution in [3.8, 4) is 5.75 Å². The summed E-state index contributed by atoms with van der Waals surface area (Å²) in [6.45, 7) is 6.64. The standard InChI is InChI=1S/C15H23ClN2O2/c1-5-15(2,3)18-14(19)10-20-13-7-6-12(16)8-11(13)9-17-4/h6-8,17H,5,9-10H2,1-4H3,(H,18,19). The number of halogens is 1. The van der Waals surface area contributed by atoms with Crippen LogP contribution in [0.5, 0.6) is 5.75 Å². The SMILES string of the molecule is CCC(C)(C)NC(=O)COc1ccc(Cl)cc1CNC. The van der Waals surface area contributed by atoms with Gasteiger partial charge in [-0.15, -0.1) is 0 Å². The summed E-state index contributed by atoms with van der Waals surface area (Å²) in [5.74, 6) is 0.551. The van der Waals surface area contributed by atoms with Crippen molar-refractivity contribution in [1.29, 1.82) is 0 Å². The number of hydrogen-bond donors (Lipinski definition) is 2. The Morgan fingerprint density at radius 2 is 2.10 bits per heavy atom. The van der Waals surface area contributed by atoms with Crippen molar-refractivity contribution in [2.45, 2.75) is 39.3 Å². The summed E-state index contributed by atoms with van der Waals surface area (Å²) >= 11 is 5.96. The number of rotatable bonds is 7. The molecule has 0 saturated carbocycles. The molecule has 0 aromatic heterocycles. The fraction of sp³-hybridized carbons (Fsp3) is 0.533. The summed E-state index contributed by atoms with van der Waals surface area (Å²) in [4.78, 5) is 11.8. The minimum atomic E-state index is -0.214. The predicted molar refractivity (Wildman–Crippen MR) is 82.2 cm³/mol. The van der Waals surface area contributed by atoms with Gasteiger partial charge in [-0.05, 0) is 45.5 Å². The van der Waals surface area contributed by atoms with Gasteiger partial charge in [-0.2, -0.15) is 0 Å². The van der Waals surface area contributed by atoms with Gasteiger partial charge >= 0.3 is 0 Å². The third kappa shape index (κ3) is 5.39. The second kappa shape index (κ2) is 7.50. The van der Waals surface area contributed by atoms with Crippen LogP contribution >= 0.6 is 11.6 Å². The second-order valence-electron chi connectivity index (χ2n) is 5.36. The molecule has 1 amide bonds. The smallest absolute Gasteiger partial charge is 0.258 e. The molecule has 0 atom stereocenters. The summed E-state index contributed by atoms with van der Waals surface area (Å²) in [6.07, 6.45) is 0.866. The minimum absolute atomic E-state index is 0.00176. The topological polar surface area (TPSA) is 50.4 Å². The highest BCUT2D eigenvalue weighted by molar-refractivity contribution is 6.30. The third-order valence-electron chi connectivity index (χ3n) is 3.11. The first-order chi connectivity index (χ1) is 9.38. The van der Waals surface area contributed by atoms with Crippen molar-refractivity contribution in [2.24, 2.45) is 0 Å². The van der Waals surface area contributed by atoms with Gasteiger partial charge in [-0.25, -0.2) is 0 Å². The van der Waals surface area contributed by atoms with E-state index in [9.17, 15) is 4.79 Å². The molecule has 0 spiro atoms. The van der Waals surface area contributed by atoms with Crippen molar-refractivity contribution in [1.82, 2.24) is 10.6 Å². The fourth-order valence-electron chi connectivity index (χ4n) is 1.66. The number of nitrogens with one attached hydrogen (secondary N) is 2. The molecule has 0 radical (unpaired) electrons. The van der Waals surface area contributed by atoms with Gasteiger partial charge in [0.15, 0.2) is 6.61 Å². The fourth-order valence-corrected chi connectivity index (χ4v) is 1.86. The van der Waals surface area contributed by atoms with Gasteiger partial charge < -0.3 is 15.4 Å². The van der Waals surface area contributed by atoms with Gasteiger partial charge in [0.1, 0.15) is 5.75 Å². The van der Waals surface area contributed by atoms with Crippen LogP contribution in [0.1, 0.15) is 32.8 Å². The van der Waals surface area contributed by atoms with Crippen LogP contribution in [0.25, 0.3) is 0 Å². The van der Waals surface area contributed by atoms with Crippen molar-refractivity contribution < 1.29 is 9.53 Å². The molecule has 1 aromatic carbocycles. The van der Waals surface area contributed by atoms with Crippen LogP contribution in [0.2, 0.25) is 5.02 Å². The molecule has 0 aliphatic heterocycles. The Balaban J connectivity index is 2.63. The molecule has 4 nitrogen and oxygen atoms in total. The zero-order chi connectivity index (χ0) is 15.2. The summed E-state index contributed by atoms with van der Waals surface area (Å²) < 4.78 is 5.59. The molecule has 1 rings (SSSR count). The van der Waals surface area contributed by atoms with E-state index in [4.69, 9.17) is 16.3 Å². The summed E-state index contributed by atoms with van der Waals surface area (Å²) in [7, 11) is 1.85. The molecule has 0 unspecified atom stereocenters. The molecule has 112 valence electrons. The zero-order valence-corrected chi connectivity index (χ0v) is 13.3. The van der Waals surface area contributed by atoms with Crippen LogP contribution in [0.3, 0.4) is 0 Å². The Kier molecular flexibility index (Phi) is 6.30.